The van der Waals surface area contributed by atoms with Crippen molar-refractivity contribution in [2.75, 3.05) is 37.6 Å². The Hall–Kier alpha value is -2.94. The summed E-state index contributed by atoms with van der Waals surface area (Å²) in [5, 5.41) is 2.72. The minimum atomic E-state index is -3.52. The summed E-state index contributed by atoms with van der Waals surface area (Å²) in [5.41, 5.74) is 0.933. The van der Waals surface area contributed by atoms with Crippen LogP contribution in [0.5, 0.6) is 17.2 Å². The van der Waals surface area contributed by atoms with Crippen molar-refractivity contribution in [3.8, 4) is 17.2 Å². The molecule has 2 rings (SSSR count). The second kappa shape index (κ2) is 7.96. The van der Waals surface area contributed by atoms with Crippen LogP contribution >= 0.6 is 0 Å². The number of sulfonamides is 1. The maximum absolute atomic E-state index is 12.5. The van der Waals surface area contributed by atoms with Crippen LogP contribution in [0.2, 0.25) is 0 Å². The first-order valence-corrected chi connectivity index (χ1v) is 9.35. The van der Waals surface area contributed by atoms with Gasteiger partial charge in [-0.05, 0) is 30.3 Å². The largest absolute Gasteiger partial charge is 0.495 e. The third kappa shape index (κ3) is 4.79. The van der Waals surface area contributed by atoms with Gasteiger partial charge in [0.15, 0.2) is 11.5 Å². The van der Waals surface area contributed by atoms with Crippen LogP contribution in [0.3, 0.4) is 0 Å². The second-order valence-electron chi connectivity index (χ2n) is 5.31. The smallest absolute Gasteiger partial charge is 0.255 e. The van der Waals surface area contributed by atoms with E-state index in [0.29, 0.717) is 22.9 Å². The predicted molar refractivity (Wildman–Crippen MR) is 99.0 cm³/mol. The van der Waals surface area contributed by atoms with Crippen LogP contribution in [0.4, 0.5) is 11.4 Å². The van der Waals surface area contributed by atoms with Gasteiger partial charge in [0.2, 0.25) is 10.0 Å². The molecule has 2 aromatic rings. The molecule has 0 spiro atoms. The number of hydrogen-bond acceptors (Lipinski definition) is 6. The van der Waals surface area contributed by atoms with E-state index in [-0.39, 0.29) is 11.3 Å². The Kier molecular flexibility index (Phi) is 5.93. The number of benzene rings is 2. The second-order valence-corrected chi connectivity index (χ2v) is 7.06. The van der Waals surface area contributed by atoms with Crippen LogP contribution < -0.4 is 24.2 Å². The zero-order valence-corrected chi connectivity index (χ0v) is 15.6. The fraction of sp³-hybridized carbons (Fsp3) is 0.235. The first-order chi connectivity index (χ1) is 12.3. The predicted octanol–water partition coefficient (Wildman–Crippen LogP) is 2.34. The lowest BCUT2D eigenvalue weighted by atomic mass is 10.1. The average Bonchev–Trinajstić information content (AvgIpc) is 2.60. The normalized spacial score (nSPS) is 10.8. The van der Waals surface area contributed by atoms with Gasteiger partial charge in [-0.15, -0.1) is 0 Å². The highest BCUT2D eigenvalue weighted by Gasteiger charge is 2.14. The number of anilines is 2. The molecule has 8 nitrogen and oxygen atoms in total. The highest BCUT2D eigenvalue weighted by Crippen LogP contribution is 2.30. The van der Waals surface area contributed by atoms with Crippen LogP contribution in [-0.4, -0.2) is 41.9 Å². The summed E-state index contributed by atoms with van der Waals surface area (Å²) in [6.07, 6.45) is 1.02. The van der Waals surface area contributed by atoms with Gasteiger partial charge >= 0.3 is 0 Å². The molecule has 2 aromatic carbocycles. The van der Waals surface area contributed by atoms with Gasteiger partial charge in [-0.1, -0.05) is 0 Å². The first-order valence-electron chi connectivity index (χ1n) is 7.46. The summed E-state index contributed by atoms with van der Waals surface area (Å²) >= 11 is 0. The SMILES string of the molecule is COc1ccc(C(=O)Nc2ccc(OC)c(OC)c2)cc1NS(C)(=O)=O. The highest BCUT2D eigenvalue weighted by atomic mass is 32.2. The lowest BCUT2D eigenvalue weighted by molar-refractivity contribution is 0.102. The Morgan fingerprint density at radius 2 is 1.50 bits per heavy atom. The minimum absolute atomic E-state index is 0.176. The number of amides is 1. The van der Waals surface area contributed by atoms with Crippen LogP contribution in [0, 0.1) is 0 Å². The van der Waals surface area contributed by atoms with Crippen molar-refractivity contribution in [3.63, 3.8) is 0 Å². The molecule has 2 N–H and O–H groups in total. The molecule has 1 amide bonds. The van der Waals surface area contributed by atoms with Crippen molar-refractivity contribution < 1.29 is 27.4 Å². The number of carbonyl (C=O) groups excluding carboxylic acids is 1. The van der Waals surface area contributed by atoms with Gasteiger partial charge in [0.05, 0.1) is 33.3 Å². The fourth-order valence-corrected chi connectivity index (χ4v) is 2.80. The Morgan fingerprint density at radius 3 is 2.08 bits per heavy atom. The molecule has 0 aliphatic rings. The van der Waals surface area contributed by atoms with E-state index >= 15 is 0 Å². The molecule has 0 bridgehead atoms. The third-order valence-corrected chi connectivity index (χ3v) is 3.99. The lowest BCUT2D eigenvalue weighted by Gasteiger charge is -2.13. The minimum Gasteiger partial charge on any atom is -0.495 e. The van der Waals surface area contributed by atoms with Crippen molar-refractivity contribution in [3.05, 3.63) is 42.0 Å². The monoisotopic (exact) mass is 380 g/mol. The molecule has 0 saturated carbocycles. The summed E-state index contributed by atoms with van der Waals surface area (Å²) in [6.45, 7) is 0. The van der Waals surface area contributed by atoms with Crippen LogP contribution in [0.15, 0.2) is 36.4 Å². The number of carbonyl (C=O) groups is 1. The van der Waals surface area contributed by atoms with E-state index < -0.39 is 15.9 Å². The number of rotatable bonds is 7. The molecule has 0 atom stereocenters. The molecule has 0 saturated heterocycles. The zero-order chi connectivity index (χ0) is 19.3. The van der Waals surface area contributed by atoms with Crippen molar-refractivity contribution in [1.29, 1.82) is 0 Å². The summed E-state index contributed by atoms with van der Waals surface area (Å²) < 4.78 is 40.7. The van der Waals surface area contributed by atoms with Gasteiger partial charge in [0, 0.05) is 17.3 Å². The Balaban J connectivity index is 2.28. The Morgan fingerprint density at radius 1 is 0.885 bits per heavy atom. The van der Waals surface area contributed by atoms with E-state index in [0.717, 1.165) is 6.26 Å². The molecule has 140 valence electrons. The average molecular weight is 380 g/mol. The van der Waals surface area contributed by atoms with E-state index in [1.165, 1.54) is 39.5 Å². The summed E-state index contributed by atoms with van der Waals surface area (Å²) in [6, 6.07) is 9.39. The van der Waals surface area contributed by atoms with Crippen molar-refractivity contribution in [2.45, 2.75) is 0 Å². The highest BCUT2D eigenvalue weighted by molar-refractivity contribution is 7.92. The zero-order valence-electron chi connectivity index (χ0n) is 14.8. The van der Waals surface area contributed by atoms with E-state index in [1.54, 1.807) is 18.2 Å². The summed E-state index contributed by atoms with van der Waals surface area (Å²) in [5.74, 6) is 0.892. The summed E-state index contributed by atoms with van der Waals surface area (Å²) in [4.78, 5) is 12.5. The van der Waals surface area contributed by atoms with Gasteiger partial charge in [-0.2, -0.15) is 0 Å². The summed E-state index contributed by atoms with van der Waals surface area (Å²) in [7, 11) is 0.903. The molecule has 0 fully saturated rings. The molecular weight excluding hydrogens is 360 g/mol. The molecule has 9 heteroatoms. The van der Waals surface area contributed by atoms with Crippen molar-refractivity contribution in [1.82, 2.24) is 0 Å². The molecule has 0 unspecified atom stereocenters. The number of nitrogens with one attached hydrogen (secondary N) is 2. The lowest BCUT2D eigenvalue weighted by Crippen LogP contribution is -2.14. The maximum Gasteiger partial charge on any atom is 0.255 e. The van der Waals surface area contributed by atoms with Gasteiger partial charge in [0.1, 0.15) is 5.75 Å². The van der Waals surface area contributed by atoms with E-state index in [4.69, 9.17) is 14.2 Å². The van der Waals surface area contributed by atoms with E-state index in [9.17, 15) is 13.2 Å². The van der Waals surface area contributed by atoms with Gasteiger partial charge < -0.3 is 19.5 Å². The number of ether oxygens (including phenoxy) is 3. The topological polar surface area (TPSA) is 103 Å². The third-order valence-electron chi connectivity index (χ3n) is 3.40. The maximum atomic E-state index is 12.5. The molecule has 0 heterocycles. The Labute approximate surface area is 152 Å². The van der Waals surface area contributed by atoms with E-state index in [2.05, 4.69) is 10.0 Å². The number of hydrogen-bond donors (Lipinski definition) is 2. The van der Waals surface area contributed by atoms with Gasteiger partial charge in [0.25, 0.3) is 5.91 Å². The fourth-order valence-electron chi connectivity index (χ4n) is 2.25. The molecule has 0 radical (unpaired) electrons. The van der Waals surface area contributed by atoms with E-state index in [1.807, 2.05) is 0 Å². The molecule has 0 aromatic heterocycles. The quantitative estimate of drug-likeness (QED) is 0.764. The van der Waals surface area contributed by atoms with Gasteiger partial charge in [-0.25, -0.2) is 8.42 Å². The van der Waals surface area contributed by atoms with Gasteiger partial charge in [-0.3, -0.25) is 9.52 Å². The van der Waals surface area contributed by atoms with Crippen LogP contribution in [-0.2, 0) is 10.0 Å². The van der Waals surface area contributed by atoms with Crippen molar-refractivity contribution >= 4 is 27.3 Å². The molecule has 0 aliphatic heterocycles. The van der Waals surface area contributed by atoms with Crippen LogP contribution in [0.1, 0.15) is 10.4 Å². The Bertz CT molecular complexity index is 911. The molecular formula is C17H20N2O6S. The van der Waals surface area contributed by atoms with Crippen LogP contribution in [0.25, 0.3) is 0 Å². The molecule has 0 aliphatic carbocycles. The van der Waals surface area contributed by atoms with Crippen molar-refractivity contribution in [2.24, 2.45) is 0 Å². The first kappa shape index (κ1) is 19.4. The standard InChI is InChI=1S/C17H20N2O6S/c1-23-14-7-5-11(9-13(14)19-26(4,21)22)17(20)18-12-6-8-15(24-2)16(10-12)25-3/h5-10,19H,1-4H3,(H,18,20). The number of methoxy groups -OCH3 is 3. The molecule has 26 heavy (non-hydrogen) atoms.